The molecule has 0 aliphatic heterocycles. The van der Waals surface area contributed by atoms with Crippen LogP contribution >= 0.6 is 0 Å². The SMILES string of the molecule is C[Si](C)(C)C1c2ccccc2-c2c1c1ccccc1c1c3c(c4ccccc4c21)C([Si](C)(C)C)c1ccccc1-3. The highest BCUT2D eigenvalue weighted by atomic mass is 28.3. The smallest absolute Gasteiger partial charge is 0.0574 e. The minimum Gasteiger partial charge on any atom is -0.0688 e. The molecule has 2 unspecified atom stereocenters. The fraction of sp³-hybridized carbons (Fsp3) is 0.211. The average Bonchev–Trinajstić information content (AvgIpc) is 3.47. The Morgan fingerprint density at radius 1 is 0.400 bits per heavy atom. The standard InChI is InChI=1S/C38H36Si2/c1-39(2,3)37-29-21-13-11-19-27(29)33-31-24-16-8-10-18-26(24)36-34(32(31)23-15-7-9-17-25(23)35(33)37)28-20-12-14-22-30(28)38(36)40(4,5)6/h7-22,37-38H,1-6H3. The van der Waals surface area contributed by atoms with E-state index in [2.05, 4.69) is 136 Å². The van der Waals surface area contributed by atoms with Gasteiger partial charge in [-0.15, -0.1) is 0 Å². The van der Waals surface area contributed by atoms with E-state index in [0.717, 1.165) is 0 Å². The highest BCUT2D eigenvalue weighted by Crippen LogP contribution is 2.60. The van der Waals surface area contributed by atoms with Crippen LogP contribution in [0.1, 0.15) is 33.3 Å². The fourth-order valence-corrected chi connectivity index (χ4v) is 13.1. The van der Waals surface area contributed by atoms with Gasteiger partial charge in [0.05, 0.1) is 16.1 Å². The van der Waals surface area contributed by atoms with Crippen LogP contribution in [-0.4, -0.2) is 16.1 Å². The minimum atomic E-state index is -1.61. The predicted molar refractivity (Wildman–Crippen MR) is 180 cm³/mol. The Balaban J connectivity index is 1.71. The van der Waals surface area contributed by atoms with Crippen LogP contribution in [-0.2, 0) is 0 Å². The zero-order valence-corrected chi connectivity index (χ0v) is 26.4. The summed E-state index contributed by atoms with van der Waals surface area (Å²) in [6.07, 6.45) is 0. The minimum absolute atomic E-state index is 0.488. The second-order valence-electron chi connectivity index (χ2n) is 14.2. The summed E-state index contributed by atoms with van der Waals surface area (Å²) in [7, 11) is -3.21. The van der Waals surface area contributed by atoms with Crippen LogP contribution in [0.25, 0.3) is 54.6 Å². The Hall–Kier alpha value is -3.47. The summed E-state index contributed by atoms with van der Waals surface area (Å²) in [4.78, 5) is 0. The zero-order valence-electron chi connectivity index (χ0n) is 24.4. The van der Waals surface area contributed by atoms with E-state index in [-0.39, 0.29) is 0 Å². The van der Waals surface area contributed by atoms with E-state index in [4.69, 9.17) is 0 Å². The Bertz CT molecular complexity index is 1890. The second-order valence-corrected chi connectivity index (χ2v) is 24.8. The highest BCUT2D eigenvalue weighted by molar-refractivity contribution is 6.79. The average molecular weight is 549 g/mol. The summed E-state index contributed by atoms with van der Waals surface area (Å²) in [6.45, 7) is 15.3. The molecule has 0 radical (unpaired) electrons. The van der Waals surface area contributed by atoms with Crippen LogP contribution in [0.2, 0.25) is 39.3 Å². The molecule has 196 valence electrons. The van der Waals surface area contributed by atoms with Gasteiger partial charge in [0.15, 0.2) is 0 Å². The first-order valence-corrected chi connectivity index (χ1v) is 21.9. The predicted octanol–water partition coefficient (Wildman–Crippen LogP) is 11.1. The molecule has 0 amide bonds. The van der Waals surface area contributed by atoms with Crippen molar-refractivity contribution < 1.29 is 0 Å². The van der Waals surface area contributed by atoms with Crippen molar-refractivity contribution in [1.29, 1.82) is 0 Å². The Labute approximate surface area is 239 Å². The molecular weight excluding hydrogens is 513 g/mol. The maximum atomic E-state index is 2.55. The summed E-state index contributed by atoms with van der Waals surface area (Å²) in [5.74, 6) is 0. The molecule has 0 spiro atoms. The van der Waals surface area contributed by atoms with E-state index in [1.807, 2.05) is 0 Å². The molecule has 2 heteroatoms. The molecule has 40 heavy (non-hydrogen) atoms. The lowest BCUT2D eigenvalue weighted by Crippen LogP contribution is -2.30. The van der Waals surface area contributed by atoms with E-state index in [1.54, 1.807) is 22.3 Å². The molecular formula is C38H36Si2. The van der Waals surface area contributed by atoms with Gasteiger partial charge in [0.25, 0.3) is 0 Å². The van der Waals surface area contributed by atoms with Gasteiger partial charge in [-0.3, -0.25) is 0 Å². The molecule has 2 atom stereocenters. The summed E-state index contributed by atoms with van der Waals surface area (Å²) in [6, 6.07) is 37.4. The summed E-state index contributed by atoms with van der Waals surface area (Å²) < 4.78 is 0. The molecule has 6 aromatic rings. The van der Waals surface area contributed by atoms with Gasteiger partial charge in [0, 0.05) is 11.1 Å². The largest absolute Gasteiger partial charge is 0.0688 e. The number of benzene rings is 6. The molecule has 0 aromatic heterocycles. The van der Waals surface area contributed by atoms with Gasteiger partial charge >= 0.3 is 0 Å². The van der Waals surface area contributed by atoms with Crippen molar-refractivity contribution in [2.45, 2.75) is 50.4 Å². The van der Waals surface area contributed by atoms with Crippen LogP contribution < -0.4 is 0 Å². The van der Waals surface area contributed by atoms with Crippen molar-refractivity contribution in [2.75, 3.05) is 0 Å². The van der Waals surface area contributed by atoms with Gasteiger partial charge in [-0.2, -0.15) is 0 Å². The number of hydrogen-bond acceptors (Lipinski definition) is 0. The van der Waals surface area contributed by atoms with Gasteiger partial charge < -0.3 is 0 Å². The molecule has 6 aromatic carbocycles. The molecule has 2 aliphatic rings. The molecule has 0 saturated heterocycles. The van der Waals surface area contributed by atoms with Gasteiger partial charge in [0.1, 0.15) is 0 Å². The topological polar surface area (TPSA) is 0 Å². The van der Waals surface area contributed by atoms with Gasteiger partial charge in [-0.1, -0.05) is 136 Å². The van der Waals surface area contributed by atoms with Crippen molar-refractivity contribution in [1.82, 2.24) is 0 Å². The lowest BCUT2D eigenvalue weighted by Gasteiger charge is -2.30. The maximum absolute atomic E-state index is 2.55. The van der Waals surface area contributed by atoms with E-state index in [0.29, 0.717) is 11.1 Å². The highest BCUT2D eigenvalue weighted by Gasteiger charge is 2.44. The Kier molecular flexibility index (Phi) is 4.90. The van der Waals surface area contributed by atoms with Crippen molar-refractivity contribution in [3.05, 3.63) is 119 Å². The second kappa shape index (κ2) is 8.05. The molecule has 0 N–H and O–H groups in total. The fourth-order valence-electron chi connectivity index (χ4n) is 8.42. The Morgan fingerprint density at radius 2 is 0.725 bits per heavy atom. The number of fused-ring (bicyclic) bond motifs is 15. The number of hydrogen-bond donors (Lipinski definition) is 0. The first-order chi connectivity index (χ1) is 19.2. The summed E-state index contributed by atoms with van der Waals surface area (Å²) in [5, 5.41) is 8.73. The normalized spacial score (nSPS) is 17.8. The summed E-state index contributed by atoms with van der Waals surface area (Å²) >= 11 is 0. The van der Waals surface area contributed by atoms with E-state index < -0.39 is 16.1 Å². The Morgan fingerprint density at radius 3 is 1.10 bits per heavy atom. The third kappa shape index (κ3) is 3.07. The first kappa shape index (κ1) is 24.3. The van der Waals surface area contributed by atoms with Crippen LogP contribution in [0.15, 0.2) is 97.1 Å². The molecule has 0 nitrogen and oxygen atoms in total. The number of rotatable bonds is 2. The zero-order chi connectivity index (χ0) is 27.6. The molecule has 0 saturated carbocycles. The van der Waals surface area contributed by atoms with Gasteiger partial charge in [-0.25, -0.2) is 0 Å². The molecule has 8 rings (SSSR count). The molecule has 0 bridgehead atoms. The van der Waals surface area contributed by atoms with Gasteiger partial charge in [-0.05, 0) is 76.8 Å². The van der Waals surface area contributed by atoms with Crippen molar-refractivity contribution in [2.24, 2.45) is 0 Å². The van der Waals surface area contributed by atoms with E-state index in [9.17, 15) is 0 Å². The van der Waals surface area contributed by atoms with Crippen LogP contribution in [0.3, 0.4) is 0 Å². The molecule has 0 fully saturated rings. The van der Waals surface area contributed by atoms with Crippen LogP contribution in [0.5, 0.6) is 0 Å². The van der Waals surface area contributed by atoms with Crippen LogP contribution in [0.4, 0.5) is 0 Å². The monoisotopic (exact) mass is 548 g/mol. The van der Waals surface area contributed by atoms with E-state index >= 15 is 0 Å². The quantitative estimate of drug-likeness (QED) is 0.149. The lowest BCUT2D eigenvalue weighted by molar-refractivity contribution is 1.14. The maximum Gasteiger partial charge on any atom is 0.0574 e. The summed E-state index contributed by atoms with van der Waals surface area (Å²) in [5.41, 5.74) is 13.2. The van der Waals surface area contributed by atoms with Crippen molar-refractivity contribution in [3.8, 4) is 22.3 Å². The van der Waals surface area contributed by atoms with Crippen molar-refractivity contribution in [3.63, 3.8) is 0 Å². The molecule has 2 aliphatic carbocycles. The third-order valence-electron chi connectivity index (χ3n) is 9.65. The van der Waals surface area contributed by atoms with Crippen LogP contribution in [0, 0.1) is 0 Å². The first-order valence-electron chi connectivity index (χ1n) is 14.8. The van der Waals surface area contributed by atoms with E-state index in [1.165, 1.54) is 54.6 Å². The molecule has 0 heterocycles. The lowest BCUT2D eigenvalue weighted by atomic mass is 9.83. The van der Waals surface area contributed by atoms with Crippen molar-refractivity contribution >= 4 is 48.5 Å². The van der Waals surface area contributed by atoms with Gasteiger partial charge in [0.2, 0.25) is 0 Å². The third-order valence-corrected chi connectivity index (χ3v) is 14.3.